The summed E-state index contributed by atoms with van der Waals surface area (Å²) in [7, 11) is 0. The van der Waals surface area contributed by atoms with E-state index in [4.69, 9.17) is 22.7 Å². The standard InChI is InChI=1S/C11H20N2O2S/c1-4-10(2,8(12)16)13-9(14)11(3)6-5-7-15-11/h4-7H2,1-3H3,(H2,12,16)(H,13,14). The minimum atomic E-state index is -0.721. The SMILES string of the molecule is CCC(C)(NC(=O)C1(C)CCCO1)C(N)=S. The lowest BCUT2D eigenvalue weighted by molar-refractivity contribution is -0.140. The van der Waals surface area contributed by atoms with Crippen LogP contribution in [0.4, 0.5) is 0 Å². The van der Waals surface area contributed by atoms with Crippen molar-refractivity contribution in [1.82, 2.24) is 5.32 Å². The summed E-state index contributed by atoms with van der Waals surface area (Å²) in [6.07, 6.45) is 2.33. The smallest absolute Gasteiger partial charge is 0.252 e. The Morgan fingerprint density at radius 1 is 1.69 bits per heavy atom. The zero-order chi connectivity index (χ0) is 12.4. The summed E-state index contributed by atoms with van der Waals surface area (Å²) in [5, 5.41) is 2.89. The lowest BCUT2D eigenvalue weighted by Gasteiger charge is -2.32. The second-order valence-electron chi connectivity index (χ2n) is 4.69. The maximum Gasteiger partial charge on any atom is 0.252 e. The molecule has 1 heterocycles. The molecule has 0 aliphatic carbocycles. The Hall–Kier alpha value is -0.680. The summed E-state index contributed by atoms with van der Waals surface area (Å²) in [6, 6.07) is 0. The summed E-state index contributed by atoms with van der Waals surface area (Å²) in [6.45, 7) is 6.23. The first-order valence-corrected chi connectivity index (χ1v) is 6.01. The van der Waals surface area contributed by atoms with Crippen LogP contribution in [0.3, 0.4) is 0 Å². The van der Waals surface area contributed by atoms with Crippen LogP contribution in [-0.4, -0.2) is 28.6 Å². The van der Waals surface area contributed by atoms with Crippen molar-refractivity contribution >= 4 is 23.1 Å². The van der Waals surface area contributed by atoms with E-state index in [-0.39, 0.29) is 5.91 Å². The molecule has 0 aromatic carbocycles. The van der Waals surface area contributed by atoms with Gasteiger partial charge in [-0.3, -0.25) is 4.79 Å². The highest BCUT2D eigenvalue weighted by molar-refractivity contribution is 7.80. The van der Waals surface area contributed by atoms with Gasteiger partial charge in [0, 0.05) is 6.61 Å². The summed E-state index contributed by atoms with van der Waals surface area (Å²) >= 11 is 4.98. The van der Waals surface area contributed by atoms with Crippen LogP contribution in [-0.2, 0) is 9.53 Å². The first-order valence-electron chi connectivity index (χ1n) is 5.60. The number of nitrogens with two attached hydrogens (primary N) is 1. The van der Waals surface area contributed by atoms with Gasteiger partial charge in [-0.25, -0.2) is 0 Å². The topological polar surface area (TPSA) is 64.3 Å². The molecule has 2 unspecified atom stereocenters. The molecule has 2 atom stereocenters. The molecule has 3 N–H and O–H groups in total. The highest BCUT2D eigenvalue weighted by Crippen LogP contribution is 2.26. The molecule has 1 rings (SSSR count). The van der Waals surface area contributed by atoms with Crippen LogP contribution < -0.4 is 11.1 Å². The van der Waals surface area contributed by atoms with E-state index in [1.165, 1.54) is 0 Å². The Morgan fingerprint density at radius 3 is 2.69 bits per heavy atom. The largest absolute Gasteiger partial charge is 0.391 e. The number of nitrogens with one attached hydrogen (secondary N) is 1. The second-order valence-corrected chi connectivity index (χ2v) is 5.13. The van der Waals surface area contributed by atoms with Crippen LogP contribution in [0.5, 0.6) is 0 Å². The van der Waals surface area contributed by atoms with Gasteiger partial charge in [-0.15, -0.1) is 0 Å². The van der Waals surface area contributed by atoms with E-state index in [0.29, 0.717) is 18.0 Å². The average Bonchev–Trinajstić information content (AvgIpc) is 2.66. The van der Waals surface area contributed by atoms with Crippen molar-refractivity contribution in [3.63, 3.8) is 0 Å². The van der Waals surface area contributed by atoms with Gasteiger partial charge in [0.2, 0.25) is 0 Å². The van der Waals surface area contributed by atoms with E-state index in [0.717, 1.165) is 12.8 Å². The fraction of sp³-hybridized carbons (Fsp3) is 0.818. The van der Waals surface area contributed by atoms with Crippen LogP contribution in [0.25, 0.3) is 0 Å². The maximum atomic E-state index is 12.1. The van der Waals surface area contributed by atoms with E-state index in [9.17, 15) is 4.79 Å². The minimum absolute atomic E-state index is 0.123. The number of rotatable bonds is 4. The third-order valence-corrected chi connectivity index (χ3v) is 3.79. The molecule has 0 saturated carbocycles. The molecule has 1 aliphatic rings. The fourth-order valence-corrected chi connectivity index (χ4v) is 1.86. The lowest BCUT2D eigenvalue weighted by atomic mass is 9.95. The van der Waals surface area contributed by atoms with Crippen molar-refractivity contribution in [3.8, 4) is 0 Å². The van der Waals surface area contributed by atoms with E-state index < -0.39 is 11.1 Å². The number of hydrogen-bond acceptors (Lipinski definition) is 3. The molecule has 0 bridgehead atoms. The Morgan fingerprint density at radius 2 is 2.31 bits per heavy atom. The molecule has 1 aliphatic heterocycles. The molecule has 1 saturated heterocycles. The van der Waals surface area contributed by atoms with E-state index in [1.807, 2.05) is 20.8 Å². The molecule has 1 fully saturated rings. The van der Waals surface area contributed by atoms with Gasteiger partial charge in [0.25, 0.3) is 5.91 Å². The third kappa shape index (κ3) is 2.52. The Labute approximate surface area is 102 Å². The van der Waals surface area contributed by atoms with Gasteiger partial charge < -0.3 is 15.8 Å². The number of carbonyl (C=O) groups excluding carboxylic acids is 1. The van der Waals surface area contributed by atoms with Crippen LogP contribution in [0.15, 0.2) is 0 Å². The number of hydrogen-bond donors (Lipinski definition) is 2. The Kier molecular flexibility index (Phi) is 3.91. The lowest BCUT2D eigenvalue weighted by Crippen LogP contribution is -2.59. The zero-order valence-electron chi connectivity index (χ0n) is 10.1. The van der Waals surface area contributed by atoms with Crippen molar-refractivity contribution < 1.29 is 9.53 Å². The van der Waals surface area contributed by atoms with Crippen LogP contribution in [0.2, 0.25) is 0 Å². The van der Waals surface area contributed by atoms with Crippen LogP contribution >= 0.6 is 12.2 Å². The summed E-state index contributed by atoms with van der Waals surface area (Å²) in [4.78, 5) is 12.4. The number of thiocarbonyl (C=S) groups is 1. The molecule has 92 valence electrons. The molecule has 0 radical (unpaired) electrons. The predicted molar refractivity (Wildman–Crippen MR) is 67.2 cm³/mol. The summed E-state index contributed by atoms with van der Waals surface area (Å²) < 4.78 is 5.48. The number of carbonyl (C=O) groups is 1. The third-order valence-electron chi connectivity index (χ3n) is 3.34. The van der Waals surface area contributed by atoms with E-state index in [2.05, 4.69) is 5.32 Å². The Balaban J connectivity index is 2.73. The van der Waals surface area contributed by atoms with Gasteiger partial charge >= 0.3 is 0 Å². The Bertz CT molecular complexity index is 300. The normalized spacial score (nSPS) is 28.4. The van der Waals surface area contributed by atoms with Gasteiger partial charge in [0.15, 0.2) is 0 Å². The highest BCUT2D eigenvalue weighted by atomic mass is 32.1. The number of ether oxygens (including phenoxy) is 1. The van der Waals surface area contributed by atoms with Crippen molar-refractivity contribution in [3.05, 3.63) is 0 Å². The fourth-order valence-electron chi connectivity index (χ4n) is 1.67. The molecular weight excluding hydrogens is 224 g/mol. The molecule has 0 spiro atoms. The first-order chi connectivity index (χ1) is 7.34. The monoisotopic (exact) mass is 244 g/mol. The molecule has 5 heteroatoms. The zero-order valence-corrected chi connectivity index (χ0v) is 10.9. The van der Waals surface area contributed by atoms with Gasteiger partial charge in [0.1, 0.15) is 5.60 Å². The van der Waals surface area contributed by atoms with E-state index in [1.54, 1.807) is 0 Å². The highest BCUT2D eigenvalue weighted by Gasteiger charge is 2.41. The maximum absolute atomic E-state index is 12.1. The predicted octanol–water partition coefficient (Wildman–Crippen LogP) is 1.13. The van der Waals surface area contributed by atoms with Crippen molar-refractivity contribution in [2.24, 2.45) is 5.73 Å². The molecule has 1 amide bonds. The van der Waals surface area contributed by atoms with Gasteiger partial charge in [-0.05, 0) is 33.1 Å². The summed E-state index contributed by atoms with van der Waals surface area (Å²) in [5.74, 6) is -0.123. The average molecular weight is 244 g/mol. The van der Waals surface area contributed by atoms with Crippen molar-refractivity contribution in [2.45, 2.75) is 51.2 Å². The van der Waals surface area contributed by atoms with Gasteiger partial charge in [0.05, 0.1) is 10.5 Å². The van der Waals surface area contributed by atoms with Crippen molar-refractivity contribution in [2.75, 3.05) is 6.61 Å². The van der Waals surface area contributed by atoms with Crippen LogP contribution in [0, 0.1) is 0 Å². The molecular formula is C11H20N2O2S. The molecule has 16 heavy (non-hydrogen) atoms. The quantitative estimate of drug-likeness (QED) is 0.728. The summed E-state index contributed by atoms with van der Waals surface area (Å²) in [5.41, 5.74) is 4.30. The molecule has 0 aromatic heterocycles. The first kappa shape index (κ1) is 13.4. The number of amides is 1. The van der Waals surface area contributed by atoms with Crippen molar-refractivity contribution in [1.29, 1.82) is 0 Å². The minimum Gasteiger partial charge on any atom is -0.391 e. The van der Waals surface area contributed by atoms with Gasteiger partial charge in [-0.1, -0.05) is 19.1 Å². The molecule has 0 aromatic rings. The second kappa shape index (κ2) is 4.67. The van der Waals surface area contributed by atoms with Crippen LogP contribution in [0.1, 0.15) is 40.0 Å². The molecule has 4 nitrogen and oxygen atoms in total. The van der Waals surface area contributed by atoms with E-state index >= 15 is 0 Å². The van der Waals surface area contributed by atoms with Gasteiger partial charge in [-0.2, -0.15) is 0 Å².